The van der Waals surface area contributed by atoms with Crippen LogP contribution in [0.25, 0.3) is 0 Å². The molecule has 2 rings (SSSR count). The van der Waals surface area contributed by atoms with Gasteiger partial charge in [-0.1, -0.05) is 12.1 Å². The van der Waals surface area contributed by atoms with Crippen molar-refractivity contribution in [2.24, 2.45) is 0 Å². The van der Waals surface area contributed by atoms with Crippen LogP contribution in [0.2, 0.25) is 0 Å². The molecular weight excluding hydrogens is 232 g/mol. The number of rotatable bonds is 5. The van der Waals surface area contributed by atoms with E-state index in [0.717, 1.165) is 11.3 Å². The van der Waals surface area contributed by atoms with Gasteiger partial charge in [-0.15, -0.1) is 0 Å². The van der Waals surface area contributed by atoms with Crippen molar-refractivity contribution in [1.29, 1.82) is 0 Å². The summed E-state index contributed by atoms with van der Waals surface area (Å²) in [5.74, 6) is 0.309. The topological polar surface area (TPSA) is 47.9 Å². The highest BCUT2D eigenvalue weighted by Crippen LogP contribution is 2.23. The van der Waals surface area contributed by atoms with E-state index >= 15 is 0 Å². The number of aliphatic hydroxyl groups is 1. The minimum Gasteiger partial charge on any atom is -0.491 e. The minimum absolute atomic E-state index is 0.0166. The van der Waals surface area contributed by atoms with Crippen LogP contribution in [-0.2, 0) is 15.9 Å². The molecule has 18 heavy (non-hydrogen) atoms. The molecule has 1 saturated heterocycles. The van der Waals surface area contributed by atoms with Crippen LogP contribution < -0.4 is 4.74 Å². The summed E-state index contributed by atoms with van der Waals surface area (Å²) >= 11 is 0. The van der Waals surface area contributed by atoms with Crippen LogP contribution in [0.15, 0.2) is 24.3 Å². The van der Waals surface area contributed by atoms with E-state index in [4.69, 9.17) is 19.3 Å². The van der Waals surface area contributed by atoms with Gasteiger partial charge in [-0.05, 0) is 38.0 Å². The van der Waals surface area contributed by atoms with E-state index in [9.17, 15) is 0 Å². The molecule has 1 aromatic carbocycles. The fourth-order valence-corrected chi connectivity index (χ4v) is 1.92. The number of aliphatic hydroxyl groups excluding tert-OH is 1. The minimum atomic E-state index is -0.501. The third kappa shape index (κ3) is 3.70. The fraction of sp³-hybridized carbons (Fsp3) is 0.571. The predicted molar refractivity (Wildman–Crippen MR) is 67.6 cm³/mol. The first kappa shape index (κ1) is 13.3. The molecule has 0 spiro atoms. The second-order valence-corrected chi connectivity index (χ2v) is 4.88. The van der Waals surface area contributed by atoms with Gasteiger partial charge in [0.1, 0.15) is 18.5 Å². The molecule has 0 unspecified atom stereocenters. The highest BCUT2D eigenvalue weighted by atomic mass is 16.7. The number of hydrogen-bond donors (Lipinski definition) is 1. The van der Waals surface area contributed by atoms with Crippen LogP contribution in [0.3, 0.4) is 0 Å². The quantitative estimate of drug-likeness (QED) is 0.867. The molecule has 1 fully saturated rings. The van der Waals surface area contributed by atoms with Crippen molar-refractivity contribution < 1.29 is 19.3 Å². The van der Waals surface area contributed by atoms with Gasteiger partial charge in [0, 0.05) is 6.61 Å². The van der Waals surface area contributed by atoms with Crippen LogP contribution in [0.1, 0.15) is 19.4 Å². The Kier molecular flexibility index (Phi) is 4.22. The lowest BCUT2D eigenvalue weighted by Crippen LogP contribution is -2.25. The van der Waals surface area contributed by atoms with Crippen LogP contribution in [0, 0.1) is 0 Å². The van der Waals surface area contributed by atoms with Crippen LogP contribution >= 0.6 is 0 Å². The van der Waals surface area contributed by atoms with Gasteiger partial charge in [-0.25, -0.2) is 0 Å². The third-order valence-corrected chi connectivity index (χ3v) is 2.83. The molecule has 1 heterocycles. The molecule has 0 radical (unpaired) electrons. The summed E-state index contributed by atoms with van der Waals surface area (Å²) in [5, 5.41) is 8.82. The Labute approximate surface area is 107 Å². The molecule has 0 saturated carbocycles. The van der Waals surface area contributed by atoms with Crippen LogP contribution in [-0.4, -0.2) is 36.8 Å². The van der Waals surface area contributed by atoms with Crippen molar-refractivity contribution in [3.8, 4) is 5.75 Å². The number of benzene rings is 1. The van der Waals surface area contributed by atoms with E-state index in [0.29, 0.717) is 19.6 Å². The van der Waals surface area contributed by atoms with Gasteiger partial charge in [-0.3, -0.25) is 0 Å². The van der Waals surface area contributed by atoms with Crippen LogP contribution in [0.5, 0.6) is 5.75 Å². The lowest BCUT2D eigenvalue weighted by Gasteiger charge is -2.17. The zero-order valence-corrected chi connectivity index (χ0v) is 10.9. The molecule has 1 aliphatic heterocycles. The van der Waals surface area contributed by atoms with E-state index in [2.05, 4.69) is 0 Å². The van der Waals surface area contributed by atoms with Gasteiger partial charge in [0.15, 0.2) is 5.79 Å². The van der Waals surface area contributed by atoms with E-state index in [1.807, 2.05) is 38.1 Å². The van der Waals surface area contributed by atoms with Gasteiger partial charge >= 0.3 is 0 Å². The van der Waals surface area contributed by atoms with Crippen molar-refractivity contribution >= 4 is 0 Å². The molecule has 4 heteroatoms. The monoisotopic (exact) mass is 252 g/mol. The van der Waals surface area contributed by atoms with Gasteiger partial charge in [0.25, 0.3) is 0 Å². The second kappa shape index (κ2) is 5.69. The summed E-state index contributed by atoms with van der Waals surface area (Å²) in [7, 11) is 0. The normalized spacial score (nSPS) is 22.1. The third-order valence-electron chi connectivity index (χ3n) is 2.83. The highest BCUT2D eigenvalue weighted by molar-refractivity contribution is 5.27. The molecule has 100 valence electrons. The molecule has 4 nitrogen and oxygen atoms in total. The molecule has 1 N–H and O–H groups in total. The Bertz CT molecular complexity index is 372. The number of ether oxygens (including phenoxy) is 3. The summed E-state index contributed by atoms with van der Waals surface area (Å²) < 4.78 is 16.8. The van der Waals surface area contributed by atoms with Crippen molar-refractivity contribution in [3.63, 3.8) is 0 Å². The first-order valence-electron chi connectivity index (χ1n) is 6.23. The maximum atomic E-state index is 8.82. The summed E-state index contributed by atoms with van der Waals surface area (Å²) in [5.41, 5.74) is 1.10. The van der Waals surface area contributed by atoms with E-state index in [-0.39, 0.29) is 12.7 Å². The Morgan fingerprint density at radius 1 is 1.33 bits per heavy atom. The molecule has 1 aliphatic rings. The Hall–Kier alpha value is -1.10. The first-order chi connectivity index (χ1) is 8.59. The SMILES string of the molecule is CC1(C)OC[C@@H](COc2ccc(CCO)cc2)O1. The van der Waals surface area contributed by atoms with Gasteiger partial charge in [-0.2, -0.15) is 0 Å². The lowest BCUT2D eigenvalue weighted by atomic mass is 10.1. The average molecular weight is 252 g/mol. The molecule has 0 bridgehead atoms. The van der Waals surface area contributed by atoms with Gasteiger partial charge < -0.3 is 19.3 Å². The standard InChI is InChI=1S/C14H20O4/c1-14(2)17-10-13(18-14)9-16-12-5-3-11(4-6-12)7-8-15/h3-6,13,15H,7-10H2,1-2H3/t13-/m1/s1. The largest absolute Gasteiger partial charge is 0.491 e. The summed E-state index contributed by atoms with van der Waals surface area (Å²) in [6.45, 7) is 5.02. The predicted octanol–water partition coefficient (Wildman–Crippen LogP) is 1.75. The van der Waals surface area contributed by atoms with E-state index < -0.39 is 5.79 Å². The summed E-state index contributed by atoms with van der Waals surface area (Å²) in [4.78, 5) is 0. The van der Waals surface area contributed by atoms with E-state index in [1.165, 1.54) is 0 Å². The van der Waals surface area contributed by atoms with Gasteiger partial charge in [0.2, 0.25) is 0 Å². The number of hydrogen-bond acceptors (Lipinski definition) is 4. The zero-order valence-electron chi connectivity index (χ0n) is 10.9. The fourth-order valence-electron chi connectivity index (χ4n) is 1.92. The molecule has 1 atom stereocenters. The Balaban J connectivity index is 1.80. The van der Waals surface area contributed by atoms with Crippen molar-refractivity contribution in [2.75, 3.05) is 19.8 Å². The van der Waals surface area contributed by atoms with Crippen molar-refractivity contribution in [3.05, 3.63) is 29.8 Å². The molecule has 0 aromatic heterocycles. The van der Waals surface area contributed by atoms with Crippen LogP contribution in [0.4, 0.5) is 0 Å². The zero-order chi connectivity index (χ0) is 13.0. The van der Waals surface area contributed by atoms with Crippen molar-refractivity contribution in [2.45, 2.75) is 32.2 Å². The molecule has 0 amide bonds. The summed E-state index contributed by atoms with van der Waals surface area (Å²) in [6.07, 6.45) is 0.658. The van der Waals surface area contributed by atoms with Crippen molar-refractivity contribution in [1.82, 2.24) is 0 Å². The highest BCUT2D eigenvalue weighted by Gasteiger charge is 2.32. The molecular formula is C14H20O4. The van der Waals surface area contributed by atoms with Gasteiger partial charge in [0.05, 0.1) is 6.61 Å². The second-order valence-electron chi connectivity index (χ2n) is 4.88. The van der Waals surface area contributed by atoms with E-state index in [1.54, 1.807) is 0 Å². The average Bonchev–Trinajstić information content (AvgIpc) is 2.69. The molecule has 0 aliphatic carbocycles. The first-order valence-corrected chi connectivity index (χ1v) is 6.23. The maximum absolute atomic E-state index is 8.82. The molecule has 1 aromatic rings. The smallest absolute Gasteiger partial charge is 0.163 e. The Morgan fingerprint density at radius 2 is 2.06 bits per heavy atom. The maximum Gasteiger partial charge on any atom is 0.163 e. The summed E-state index contributed by atoms with van der Waals surface area (Å²) in [6, 6.07) is 7.74. The lowest BCUT2D eigenvalue weighted by molar-refractivity contribution is -0.141. The Morgan fingerprint density at radius 3 is 2.61 bits per heavy atom.